The predicted octanol–water partition coefficient (Wildman–Crippen LogP) is 2.88. The Morgan fingerprint density at radius 2 is 2.20 bits per heavy atom. The largest absolute Gasteiger partial charge is 0.478 e. The summed E-state index contributed by atoms with van der Waals surface area (Å²) < 4.78 is 13.4. The Hall–Kier alpha value is -1.64. The third-order valence-electron chi connectivity index (χ3n) is 2.17. The third-order valence-corrected chi connectivity index (χ3v) is 2.17. The molecule has 0 heterocycles. The topological polar surface area (TPSA) is 37.3 Å². The molecule has 1 aromatic rings. The number of carboxylic acid groups (broad SMARTS) is 1. The van der Waals surface area contributed by atoms with Gasteiger partial charge >= 0.3 is 5.97 Å². The second kappa shape index (κ2) is 4.73. The maximum atomic E-state index is 13.4. The van der Waals surface area contributed by atoms with Gasteiger partial charge in [0.25, 0.3) is 0 Å². The molecule has 1 rings (SSSR count). The normalized spacial score (nSPS) is 13.0. The number of aryl methyl sites for hydroxylation is 1. The molecule has 80 valence electrons. The van der Waals surface area contributed by atoms with Crippen molar-refractivity contribution in [2.24, 2.45) is 0 Å². The second-order valence-corrected chi connectivity index (χ2v) is 3.51. The summed E-state index contributed by atoms with van der Waals surface area (Å²) in [5, 5.41) is 8.44. The number of allylic oxidation sites excluding steroid dienone is 1. The standard InChI is InChI=1S/C12H13FO2/c1-8-3-5-10(11(13)7-8)9(2)4-6-12(14)15/h3-7,9H,1-2H3,(H,14,15)/b6-4+. The lowest BCUT2D eigenvalue weighted by atomic mass is 9.99. The number of rotatable bonds is 3. The van der Waals surface area contributed by atoms with Crippen molar-refractivity contribution < 1.29 is 14.3 Å². The predicted molar refractivity (Wildman–Crippen MR) is 56.3 cm³/mol. The van der Waals surface area contributed by atoms with Crippen molar-refractivity contribution in [3.8, 4) is 0 Å². The minimum Gasteiger partial charge on any atom is -0.478 e. The second-order valence-electron chi connectivity index (χ2n) is 3.51. The van der Waals surface area contributed by atoms with Crippen LogP contribution in [0.25, 0.3) is 0 Å². The third kappa shape index (κ3) is 3.20. The molecule has 0 aromatic heterocycles. The van der Waals surface area contributed by atoms with Crippen LogP contribution in [0.15, 0.2) is 30.4 Å². The molecule has 1 aromatic carbocycles. The first-order valence-corrected chi connectivity index (χ1v) is 4.68. The maximum Gasteiger partial charge on any atom is 0.327 e. The van der Waals surface area contributed by atoms with Crippen LogP contribution in [0.4, 0.5) is 4.39 Å². The highest BCUT2D eigenvalue weighted by Crippen LogP contribution is 2.20. The van der Waals surface area contributed by atoms with Gasteiger partial charge in [-0.3, -0.25) is 0 Å². The minimum absolute atomic E-state index is 0.235. The fourth-order valence-electron chi connectivity index (χ4n) is 1.33. The molecule has 0 aliphatic rings. The fourth-order valence-corrected chi connectivity index (χ4v) is 1.33. The Labute approximate surface area is 88.1 Å². The molecule has 0 aliphatic carbocycles. The lowest BCUT2D eigenvalue weighted by molar-refractivity contribution is -0.131. The number of benzene rings is 1. The van der Waals surface area contributed by atoms with Crippen LogP contribution in [-0.2, 0) is 4.79 Å². The molecule has 1 atom stereocenters. The van der Waals surface area contributed by atoms with Crippen LogP contribution in [0.5, 0.6) is 0 Å². The van der Waals surface area contributed by atoms with Crippen molar-refractivity contribution in [2.45, 2.75) is 19.8 Å². The fraction of sp³-hybridized carbons (Fsp3) is 0.250. The average molecular weight is 208 g/mol. The highest BCUT2D eigenvalue weighted by Gasteiger charge is 2.08. The first-order valence-electron chi connectivity index (χ1n) is 4.68. The van der Waals surface area contributed by atoms with E-state index in [9.17, 15) is 9.18 Å². The molecule has 0 amide bonds. The van der Waals surface area contributed by atoms with Gasteiger partial charge in [0.2, 0.25) is 0 Å². The van der Waals surface area contributed by atoms with Gasteiger partial charge in [0.15, 0.2) is 0 Å². The van der Waals surface area contributed by atoms with E-state index in [1.807, 2.05) is 13.0 Å². The SMILES string of the molecule is Cc1ccc(C(C)/C=C/C(=O)O)c(F)c1. The molecule has 0 fully saturated rings. The van der Waals surface area contributed by atoms with E-state index in [0.717, 1.165) is 11.6 Å². The Kier molecular flexibility index (Phi) is 3.61. The first kappa shape index (κ1) is 11.4. The van der Waals surface area contributed by atoms with Gasteiger partial charge in [0, 0.05) is 12.0 Å². The highest BCUT2D eigenvalue weighted by molar-refractivity contribution is 5.79. The van der Waals surface area contributed by atoms with Crippen LogP contribution in [-0.4, -0.2) is 11.1 Å². The van der Waals surface area contributed by atoms with Crippen molar-refractivity contribution in [2.75, 3.05) is 0 Å². The van der Waals surface area contributed by atoms with Crippen LogP contribution in [0.1, 0.15) is 24.0 Å². The van der Waals surface area contributed by atoms with Gasteiger partial charge < -0.3 is 5.11 Å². The quantitative estimate of drug-likeness (QED) is 0.775. The van der Waals surface area contributed by atoms with Crippen molar-refractivity contribution in [3.63, 3.8) is 0 Å². The molecule has 3 heteroatoms. The van der Waals surface area contributed by atoms with Gasteiger partial charge in [-0.25, -0.2) is 9.18 Å². The summed E-state index contributed by atoms with van der Waals surface area (Å²) in [6.45, 7) is 3.57. The molecule has 0 saturated carbocycles. The minimum atomic E-state index is -1.02. The van der Waals surface area contributed by atoms with Crippen LogP contribution in [0, 0.1) is 12.7 Å². The van der Waals surface area contributed by atoms with Crippen LogP contribution < -0.4 is 0 Å². The highest BCUT2D eigenvalue weighted by atomic mass is 19.1. The first-order chi connectivity index (χ1) is 7.00. The zero-order chi connectivity index (χ0) is 11.4. The summed E-state index contributed by atoms with van der Waals surface area (Å²) in [5.74, 6) is -1.55. The summed E-state index contributed by atoms with van der Waals surface area (Å²) >= 11 is 0. The van der Waals surface area contributed by atoms with E-state index in [4.69, 9.17) is 5.11 Å². The van der Waals surface area contributed by atoms with Gasteiger partial charge in [-0.05, 0) is 24.1 Å². The molecule has 0 spiro atoms. The number of hydrogen-bond donors (Lipinski definition) is 1. The van der Waals surface area contributed by atoms with Crippen molar-refractivity contribution in [3.05, 3.63) is 47.3 Å². The van der Waals surface area contributed by atoms with E-state index >= 15 is 0 Å². The van der Waals surface area contributed by atoms with E-state index in [1.54, 1.807) is 13.0 Å². The summed E-state index contributed by atoms with van der Waals surface area (Å²) in [4.78, 5) is 10.3. The number of halogens is 1. The van der Waals surface area contributed by atoms with Gasteiger partial charge in [-0.1, -0.05) is 25.1 Å². The van der Waals surface area contributed by atoms with Crippen LogP contribution >= 0.6 is 0 Å². The van der Waals surface area contributed by atoms with Crippen molar-refractivity contribution >= 4 is 5.97 Å². The van der Waals surface area contributed by atoms with Gasteiger partial charge in [-0.15, -0.1) is 0 Å². The lowest BCUT2D eigenvalue weighted by Gasteiger charge is -2.08. The number of aliphatic carboxylic acids is 1. The molecule has 0 radical (unpaired) electrons. The molecule has 0 bridgehead atoms. The van der Waals surface area contributed by atoms with Gasteiger partial charge in [-0.2, -0.15) is 0 Å². The van der Waals surface area contributed by atoms with E-state index in [-0.39, 0.29) is 11.7 Å². The summed E-state index contributed by atoms with van der Waals surface area (Å²) in [6, 6.07) is 4.94. The van der Waals surface area contributed by atoms with E-state index in [1.165, 1.54) is 12.1 Å². The van der Waals surface area contributed by atoms with Gasteiger partial charge in [0.05, 0.1) is 0 Å². The number of carboxylic acids is 1. The van der Waals surface area contributed by atoms with Crippen LogP contribution in [0.3, 0.4) is 0 Å². The Bertz CT molecular complexity index is 397. The Morgan fingerprint density at radius 1 is 1.53 bits per heavy atom. The molecule has 0 aliphatic heterocycles. The van der Waals surface area contributed by atoms with Crippen molar-refractivity contribution in [1.29, 1.82) is 0 Å². The Morgan fingerprint density at radius 3 is 2.73 bits per heavy atom. The lowest BCUT2D eigenvalue weighted by Crippen LogP contribution is -1.96. The monoisotopic (exact) mass is 208 g/mol. The van der Waals surface area contributed by atoms with Crippen molar-refractivity contribution in [1.82, 2.24) is 0 Å². The molecular formula is C12H13FO2. The molecule has 0 saturated heterocycles. The molecule has 15 heavy (non-hydrogen) atoms. The zero-order valence-corrected chi connectivity index (χ0v) is 8.70. The van der Waals surface area contributed by atoms with E-state index in [0.29, 0.717) is 5.56 Å². The van der Waals surface area contributed by atoms with Crippen LogP contribution in [0.2, 0.25) is 0 Å². The maximum absolute atomic E-state index is 13.4. The number of hydrogen-bond acceptors (Lipinski definition) is 1. The molecule has 2 nitrogen and oxygen atoms in total. The van der Waals surface area contributed by atoms with Gasteiger partial charge in [0.1, 0.15) is 5.82 Å². The summed E-state index contributed by atoms with van der Waals surface area (Å²) in [7, 11) is 0. The average Bonchev–Trinajstić information content (AvgIpc) is 2.14. The molecule has 1 N–H and O–H groups in total. The summed E-state index contributed by atoms with van der Waals surface area (Å²) in [6.07, 6.45) is 2.50. The Balaban J connectivity index is 2.91. The van der Waals surface area contributed by atoms with E-state index < -0.39 is 5.97 Å². The smallest absolute Gasteiger partial charge is 0.327 e. The number of carbonyl (C=O) groups is 1. The molecular weight excluding hydrogens is 195 g/mol. The van der Waals surface area contributed by atoms with E-state index in [2.05, 4.69) is 0 Å². The zero-order valence-electron chi connectivity index (χ0n) is 8.70. The molecule has 1 unspecified atom stereocenters. The summed E-state index contributed by atoms with van der Waals surface area (Å²) in [5.41, 5.74) is 1.36.